The van der Waals surface area contributed by atoms with Crippen molar-refractivity contribution in [3.63, 3.8) is 0 Å². The average molecular weight is 301 g/mol. The van der Waals surface area contributed by atoms with Crippen LogP contribution in [-0.4, -0.2) is 18.3 Å². The summed E-state index contributed by atoms with van der Waals surface area (Å²) in [6, 6.07) is 16.9. The number of ketones is 1. The molecule has 0 aliphatic carbocycles. The van der Waals surface area contributed by atoms with Gasteiger partial charge in [0.25, 0.3) is 0 Å². The van der Waals surface area contributed by atoms with Crippen molar-refractivity contribution < 1.29 is 9.53 Å². The third kappa shape index (κ3) is 5.09. The molecule has 0 fully saturated rings. The Bertz CT molecular complexity index is 588. The lowest BCUT2D eigenvalue weighted by molar-refractivity contribution is 0.104. The normalized spacial score (nSPS) is 10.7. The van der Waals surface area contributed by atoms with Crippen LogP contribution in [-0.2, 0) is 0 Å². The van der Waals surface area contributed by atoms with Crippen molar-refractivity contribution in [2.45, 2.75) is 6.42 Å². The van der Waals surface area contributed by atoms with Crippen LogP contribution in [0.25, 0.3) is 6.08 Å². The molecule has 0 unspecified atom stereocenters. The van der Waals surface area contributed by atoms with E-state index in [1.165, 1.54) is 0 Å². The Balaban J connectivity index is 1.95. The summed E-state index contributed by atoms with van der Waals surface area (Å²) in [6.45, 7) is 0.588. The molecule has 0 N–H and O–H groups in total. The van der Waals surface area contributed by atoms with Crippen LogP contribution in [0.4, 0.5) is 0 Å². The van der Waals surface area contributed by atoms with Crippen molar-refractivity contribution in [2.24, 2.45) is 0 Å². The Morgan fingerprint density at radius 2 is 1.76 bits per heavy atom. The predicted molar refractivity (Wildman–Crippen MR) is 87.1 cm³/mol. The van der Waals surface area contributed by atoms with Gasteiger partial charge >= 0.3 is 0 Å². The van der Waals surface area contributed by atoms with E-state index in [0.29, 0.717) is 18.1 Å². The molecule has 0 aliphatic rings. The number of hydrogen-bond donors (Lipinski definition) is 0. The molecule has 0 saturated carbocycles. The zero-order valence-corrected chi connectivity index (χ0v) is 12.4. The molecule has 0 aliphatic heterocycles. The predicted octanol–water partition coefficient (Wildman–Crippen LogP) is 4.59. The van der Waals surface area contributed by atoms with Crippen LogP contribution in [0.1, 0.15) is 22.3 Å². The third-order valence-corrected chi connectivity index (χ3v) is 3.18. The first-order valence-corrected chi connectivity index (χ1v) is 7.39. The van der Waals surface area contributed by atoms with E-state index in [9.17, 15) is 4.79 Å². The van der Waals surface area contributed by atoms with Crippen LogP contribution in [0, 0.1) is 0 Å². The Hall–Kier alpha value is -2.06. The highest BCUT2D eigenvalue weighted by molar-refractivity contribution is 6.17. The maximum atomic E-state index is 12.0. The van der Waals surface area contributed by atoms with E-state index in [2.05, 4.69) is 0 Å². The van der Waals surface area contributed by atoms with Crippen LogP contribution in [0.5, 0.6) is 5.75 Å². The first-order chi connectivity index (χ1) is 10.3. The largest absolute Gasteiger partial charge is 0.494 e. The van der Waals surface area contributed by atoms with Crippen molar-refractivity contribution in [1.29, 1.82) is 0 Å². The molecule has 0 heterocycles. The molecule has 0 saturated heterocycles. The Morgan fingerprint density at radius 1 is 1.05 bits per heavy atom. The van der Waals surface area contributed by atoms with Gasteiger partial charge in [0.1, 0.15) is 5.75 Å². The minimum atomic E-state index is -0.0221. The van der Waals surface area contributed by atoms with Gasteiger partial charge in [-0.2, -0.15) is 0 Å². The summed E-state index contributed by atoms with van der Waals surface area (Å²) >= 11 is 5.59. The van der Waals surface area contributed by atoms with Crippen molar-refractivity contribution in [1.82, 2.24) is 0 Å². The summed E-state index contributed by atoms with van der Waals surface area (Å²) in [7, 11) is 0. The molecule has 0 aromatic heterocycles. The highest BCUT2D eigenvalue weighted by Gasteiger charge is 2.02. The number of carbonyl (C=O) groups excluding carboxylic acids is 1. The lowest BCUT2D eigenvalue weighted by Gasteiger charge is -2.05. The number of benzene rings is 2. The van der Waals surface area contributed by atoms with Gasteiger partial charge in [0.05, 0.1) is 6.61 Å². The van der Waals surface area contributed by atoms with Crippen molar-refractivity contribution >= 4 is 23.5 Å². The smallest absolute Gasteiger partial charge is 0.185 e. The second kappa shape index (κ2) is 8.28. The van der Waals surface area contributed by atoms with Crippen LogP contribution in [0.3, 0.4) is 0 Å². The minimum absolute atomic E-state index is 0.0221. The molecule has 0 spiro atoms. The molecule has 2 aromatic rings. The van der Waals surface area contributed by atoms with Gasteiger partial charge in [-0.05, 0) is 42.3 Å². The maximum absolute atomic E-state index is 12.0. The number of halogens is 1. The van der Waals surface area contributed by atoms with E-state index in [1.807, 2.05) is 36.4 Å². The van der Waals surface area contributed by atoms with Gasteiger partial charge in [0.2, 0.25) is 0 Å². The second-order valence-corrected chi connectivity index (χ2v) is 4.90. The summed E-state index contributed by atoms with van der Waals surface area (Å²) in [6.07, 6.45) is 4.20. The number of ether oxygens (including phenoxy) is 1. The van der Waals surface area contributed by atoms with Gasteiger partial charge in [0, 0.05) is 11.4 Å². The van der Waals surface area contributed by atoms with Gasteiger partial charge < -0.3 is 4.74 Å². The summed E-state index contributed by atoms with van der Waals surface area (Å²) in [5, 5.41) is 0. The molecule has 108 valence electrons. The Labute approximate surface area is 130 Å². The molecule has 0 bridgehead atoms. The highest BCUT2D eigenvalue weighted by atomic mass is 35.5. The van der Waals surface area contributed by atoms with Crippen LogP contribution < -0.4 is 4.74 Å². The SMILES string of the molecule is O=C(C=Cc1ccccc1)c1ccc(OCCCCl)cc1. The fraction of sp³-hybridized carbons (Fsp3) is 0.167. The number of alkyl halides is 1. The first-order valence-electron chi connectivity index (χ1n) is 6.86. The van der Waals surface area contributed by atoms with Crippen molar-refractivity contribution in [2.75, 3.05) is 12.5 Å². The van der Waals surface area contributed by atoms with E-state index in [-0.39, 0.29) is 5.78 Å². The van der Waals surface area contributed by atoms with Gasteiger partial charge in [-0.1, -0.05) is 36.4 Å². The average Bonchev–Trinajstić information content (AvgIpc) is 2.54. The van der Waals surface area contributed by atoms with Gasteiger partial charge in [-0.15, -0.1) is 11.6 Å². The molecule has 0 atom stereocenters. The number of rotatable bonds is 7. The van der Waals surface area contributed by atoms with E-state index in [0.717, 1.165) is 17.7 Å². The van der Waals surface area contributed by atoms with Crippen LogP contribution in [0.2, 0.25) is 0 Å². The number of allylic oxidation sites excluding steroid dienone is 1. The zero-order valence-electron chi connectivity index (χ0n) is 11.7. The van der Waals surface area contributed by atoms with Gasteiger partial charge in [0.15, 0.2) is 5.78 Å². The minimum Gasteiger partial charge on any atom is -0.494 e. The lowest BCUT2D eigenvalue weighted by atomic mass is 10.1. The molecule has 2 rings (SSSR count). The Kier molecular flexibility index (Phi) is 6.04. The van der Waals surface area contributed by atoms with Gasteiger partial charge in [-0.3, -0.25) is 4.79 Å². The zero-order chi connectivity index (χ0) is 14.9. The first kappa shape index (κ1) is 15.3. The molecule has 0 radical (unpaired) electrons. The molecule has 21 heavy (non-hydrogen) atoms. The fourth-order valence-corrected chi connectivity index (χ4v) is 1.90. The maximum Gasteiger partial charge on any atom is 0.185 e. The van der Waals surface area contributed by atoms with E-state index in [1.54, 1.807) is 30.3 Å². The molecule has 0 amide bonds. The summed E-state index contributed by atoms with van der Waals surface area (Å²) in [4.78, 5) is 12.0. The monoisotopic (exact) mass is 300 g/mol. The molecular weight excluding hydrogens is 284 g/mol. The standard InChI is InChI=1S/C18H17ClO2/c19-13-4-14-21-17-10-8-16(9-11-17)18(20)12-7-15-5-2-1-3-6-15/h1-3,5-12H,4,13-14H2. The fourth-order valence-electron chi connectivity index (χ4n) is 1.79. The van der Waals surface area contributed by atoms with E-state index < -0.39 is 0 Å². The van der Waals surface area contributed by atoms with Crippen molar-refractivity contribution in [3.05, 3.63) is 71.8 Å². The summed E-state index contributed by atoms with van der Waals surface area (Å²) in [5.74, 6) is 1.32. The van der Waals surface area contributed by atoms with Crippen molar-refractivity contribution in [3.8, 4) is 5.75 Å². The van der Waals surface area contributed by atoms with Gasteiger partial charge in [-0.25, -0.2) is 0 Å². The van der Waals surface area contributed by atoms with E-state index >= 15 is 0 Å². The third-order valence-electron chi connectivity index (χ3n) is 2.91. The quantitative estimate of drug-likeness (QED) is 0.323. The summed E-state index contributed by atoms with van der Waals surface area (Å²) in [5.41, 5.74) is 1.65. The molecule has 3 heteroatoms. The topological polar surface area (TPSA) is 26.3 Å². The molecular formula is C18H17ClO2. The highest BCUT2D eigenvalue weighted by Crippen LogP contribution is 2.14. The molecule has 2 aromatic carbocycles. The number of hydrogen-bond acceptors (Lipinski definition) is 2. The molecule has 2 nitrogen and oxygen atoms in total. The number of carbonyl (C=O) groups is 1. The Morgan fingerprint density at radius 3 is 2.43 bits per heavy atom. The summed E-state index contributed by atoms with van der Waals surface area (Å²) < 4.78 is 5.50. The second-order valence-electron chi connectivity index (χ2n) is 4.52. The van der Waals surface area contributed by atoms with Crippen LogP contribution in [0.15, 0.2) is 60.7 Å². The van der Waals surface area contributed by atoms with E-state index in [4.69, 9.17) is 16.3 Å². The van der Waals surface area contributed by atoms with Crippen LogP contribution >= 0.6 is 11.6 Å². The lowest BCUT2D eigenvalue weighted by Crippen LogP contribution is -1.99.